The minimum Gasteiger partial charge on any atom is -0.335 e. The topological polar surface area (TPSA) is 117 Å². The standard InChI is InChI=1S/C22H25N5O4/c28-21(25-19-8-4-5-9-20(19)27(30)31)14-26-17-10-11-18(26)13-16(12-17)24-22(29)23-15-6-2-1-3-7-15/h1-9,16-18H,10-14H2,(H,25,28)(H2,23,24,29)/t16?,17-,18+. The fourth-order valence-electron chi connectivity index (χ4n) is 4.62. The molecule has 2 aliphatic rings. The van der Waals surface area contributed by atoms with Crippen molar-refractivity contribution in [2.75, 3.05) is 17.2 Å². The zero-order chi connectivity index (χ0) is 21.8. The van der Waals surface area contributed by atoms with Gasteiger partial charge in [0.15, 0.2) is 0 Å². The number of nitrogens with one attached hydrogen (secondary N) is 3. The van der Waals surface area contributed by atoms with Gasteiger partial charge in [-0.05, 0) is 43.9 Å². The first-order valence-corrected chi connectivity index (χ1v) is 10.4. The molecule has 0 spiro atoms. The number of nitro benzene ring substituents is 1. The number of carbonyl (C=O) groups is 2. The van der Waals surface area contributed by atoms with Gasteiger partial charge in [0, 0.05) is 29.9 Å². The van der Waals surface area contributed by atoms with Crippen molar-refractivity contribution in [2.24, 2.45) is 0 Å². The van der Waals surface area contributed by atoms with Crippen molar-refractivity contribution in [3.8, 4) is 0 Å². The van der Waals surface area contributed by atoms with Crippen LogP contribution in [0.15, 0.2) is 54.6 Å². The fourth-order valence-corrected chi connectivity index (χ4v) is 4.62. The maximum atomic E-state index is 12.6. The number of piperidine rings is 1. The van der Waals surface area contributed by atoms with Crippen LogP contribution in [0.1, 0.15) is 25.7 Å². The van der Waals surface area contributed by atoms with Gasteiger partial charge in [0.25, 0.3) is 5.69 Å². The summed E-state index contributed by atoms with van der Waals surface area (Å²) in [7, 11) is 0. The lowest BCUT2D eigenvalue weighted by atomic mass is 9.97. The fraction of sp³-hybridized carbons (Fsp3) is 0.364. The molecule has 2 aromatic rings. The van der Waals surface area contributed by atoms with Crippen molar-refractivity contribution in [2.45, 2.75) is 43.8 Å². The molecular weight excluding hydrogens is 398 g/mol. The minimum absolute atomic E-state index is 0.0516. The number of benzene rings is 2. The normalized spacial score (nSPS) is 22.5. The Morgan fingerprint density at radius 3 is 2.29 bits per heavy atom. The first-order chi connectivity index (χ1) is 15.0. The van der Waals surface area contributed by atoms with Crippen LogP contribution in [0.25, 0.3) is 0 Å². The molecule has 4 rings (SSSR count). The predicted octanol–water partition coefficient (Wildman–Crippen LogP) is 3.35. The van der Waals surface area contributed by atoms with E-state index in [0.29, 0.717) is 0 Å². The summed E-state index contributed by atoms with van der Waals surface area (Å²) >= 11 is 0. The third-order valence-electron chi connectivity index (χ3n) is 5.95. The van der Waals surface area contributed by atoms with E-state index >= 15 is 0 Å². The highest BCUT2D eigenvalue weighted by Gasteiger charge is 2.41. The van der Waals surface area contributed by atoms with Crippen LogP contribution in [0, 0.1) is 10.1 Å². The summed E-state index contributed by atoms with van der Waals surface area (Å²) in [6, 6.07) is 15.7. The Balaban J connectivity index is 1.31. The van der Waals surface area contributed by atoms with E-state index in [2.05, 4.69) is 20.9 Å². The Labute approximate surface area is 180 Å². The van der Waals surface area contributed by atoms with E-state index in [1.807, 2.05) is 30.3 Å². The van der Waals surface area contributed by atoms with Crippen LogP contribution in [-0.2, 0) is 4.79 Å². The molecule has 2 heterocycles. The smallest absolute Gasteiger partial charge is 0.319 e. The van der Waals surface area contributed by atoms with E-state index in [-0.39, 0.29) is 48.0 Å². The van der Waals surface area contributed by atoms with E-state index in [4.69, 9.17) is 0 Å². The summed E-state index contributed by atoms with van der Waals surface area (Å²) in [4.78, 5) is 37.7. The number of hydrogen-bond donors (Lipinski definition) is 3. The Kier molecular flexibility index (Phi) is 6.13. The number of rotatable bonds is 6. The van der Waals surface area contributed by atoms with Crippen molar-refractivity contribution >= 4 is 29.0 Å². The summed E-state index contributed by atoms with van der Waals surface area (Å²) in [6.07, 6.45) is 3.50. The Morgan fingerprint density at radius 1 is 0.968 bits per heavy atom. The summed E-state index contributed by atoms with van der Waals surface area (Å²) in [5.41, 5.74) is 0.831. The third kappa shape index (κ3) is 5.00. The van der Waals surface area contributed by atoms with Gasteiger partial charge in [-0.1, -0.05) is 30.3 Å². The van der Waals surface area contributed by atoms with Crippen molar-refractivity contribution < 1.29 is 14.5 Å². The lowest BCUT2D eigenvalue weighted by molar-refractivity contribution is -0.383. The maximum Gasteiger partial charge on any atom is 0.319 e. The molecule has 1 unspecified atom stereocenters. The second-order valence-electron chi connectivity index (χ2n) is 8.01. The number of carbonyl (C=O) groups excluding carboxylic acids is 2. The molecule has 2 saturated heterocycles. The molecule has 0 radical (unpaired) electrons. The Hall–Kier alpha value is -3.46. The van der Waals surface area contributed by atoms with Crippen molar-refractivity contribution in [3.05, 3.63) is 64.7 Å². The van der Waals surface area contributed by atoms with Crippen LogP contribution < -0.4 is 16.0 Å². The SMILES string of the molecule is O=C(CN1[C@@H]2CC[C@H]1CC(NC(=O)Nc1ccccc1)C2)Nc1ccccc1[N+](=O)[O-]. The van der Waals surface area contributed by atoms with Crippen LogP contribution in [-0.4, -0.2) is 46.4 Å². The molecule has 9 heteroatoms. The molecule has 0 aromatic heterocycles. The highest BCUT2D eigenvalue weighted by atomic mass is 16.6. The molecule has 162 valence electrons. The molecule has 31 heavy (non-hydrogen) atoms. The van der Waals surface area contributed by atoms with Gasteiger partial charge < -0.3 is 16.0 Å². The van der Waals surface area contributed by atoms with Crippen LogP contribution in [0.2, 0.25) is 0 Å². The third-order valence-corrected chi connectivity index (χ3v) is 5.95. The number of urea groups is 1. The number of anilines is 2. The Bertz CT molecular complexity index is 953. The van der Waals surface area contributed by atoms with Gasteiger partial charge in [0.1, 0.15) is 5.69 Å². The maximum absolute atomic E-state index is 12.6. The zero-order valence-electron chi connectivity index (χ0n) is 17.0. The molecule has 0 saturated carbocycles. The van der Waals surface area contributed by atoms with Crippen molar-refractivity contribution in [3.63, 3.8) is 0 Å². The number of nitrogens with zero attached hydrogens (tertiary/aromatic N) is 2. The van der Waals surface area contributed by atoms with Gasteiger partial charge >= 0.3 is 6.03 Å². The highest BCUT2D eigenvalue weighted by Crippen LogP contribution is 2.35. The van der Waals surface area contributed by atoms with Gasteiger partial charge in [-0.2, -0.15) is 0 Å². The zero-order valence-corrected chi connectivity index (χ0v) is 17.0. The average molecular weight is 423 g/mol. The number of hydrogen-bond acceptors (Lipinski definition) is 5. The van der Waals surface area contributed by atoms with Crippen LogP contribution >= 0.6 is 0 Å². The van der Waals surface area contributed by atoms with E-state index in [0.717, 1.165) is 31.4 Å². The Morgan fingerprint density at radius 2 is 1.61 bits per heavy atom. The first-order valence-electron chi connectivity index (χ1n) is 10.4. The van der Waals surface area contributed by atoms with Gasteiger partial charge in [0.05, 0.1) is 11.5 Å². The van der Waals surface area contributed by atoms with Gasteiger partial charge in [0.2, 0.25) is 5.91 Å². The second-order valence-corrected chi connectivity index (χ2v) is 8.01. The summed E-state index contributed by atoms with van der Waals surface area (Å²) in [6.45, 7) is 0.185. The molecule has 2 aliphatic heterocycles. The van der Waals surface area contributed by atoms with E-state index < -0.39 is 4.92 Å². The van der Waals surface area contributed by atoms with E-state index in [1.165, 1.54) is 12.1 Å². The molecule has 3 amide bonds. The monoisotopic (exact) mass is 423 g/mol. The molecule has 2 aromatic carbocycles. The van der Waals surface area contributed by atoms with Gasteiger partial charge in [-0.3, -0.25) is 19.8 Å². The molecule has 2 bridgehead atoms. The van der Waals surface area contributed by atoms with Crippen LogP contribution in [0.4, 0.5) is 21.9 Å². The lowest BCUT2D eigenvalue weighted by Gasteiger charge is -2.38. The van der Waals surface area contributed by atoms with E-state index in [1.54, 1.807) is 12.1 Å². The summed E-state index contributed by atoms with van der Waals surface area (Å²) < 4.78 is 0. The first kappa shape index (κ1) is 20.8. The summed E-state index contributed by atoms with van der Waals surface area (Å²) in [5, 5.41) is 19.7. The minimum atomic E-state index is -0.503. The van der Waals surface area contributed by atoms with Crippen LogP contribution in [0.3, 0.4) is 0 Å². The summed E-state index contributed by atoms with van der Waals surface area (Å²) in [5.74, 6) is -0.264. The number of nitro groups is 1. The second kappa shape index (κ2) is 9.13. The van der Waals surface area contributed by atoms with Crippen molar-refractivity contribution in [1.29, 1.82) is 0 Å². The molecule has 3 atom stereocenters. The van der Waals surface area contributed by atoms with Gasteiger partial charge in [-0.25, -0.2) is 4.79 Å². The number of para-hydroxylation sites is 3. The molecular formula is C22H25N5O4. The average Bonchev–Trinajstić information content (AvgIpc) is 2.97. The lowest BCUT2D eigenvalue weighted by Crippen LogP contribution is -2.52. The molecule has 0 aliphatic carbocycles. The predicted molar refractivity (Wildman–Crippen MR) is 117 cm³/mol. The number of fused-ring (bicyclic) bond motifs is 2. The number of amides is 3. The molecule has 2 fully saturated rings. The van der Waals surface area contributed by atoms with Crippen LogP contribution in [0.5, 0.6) is 0 Å². The van der Waals surface area contributed by atoms with E-state index in [9.17, 15) is 19.7 Å². The quantitative estimate of drug-likeness (QED) is 0.487. The molecule has 3 N–H and O–H groups in total. The molecule has 9 nitrogen and oxygen atoms in total. The largest absolute Gasteiger partial charge is 0.335 e. The highest BCUT2D eigenvalue weighted by molar-refractivity contribution is 5.94. The van der Waals surface area contributed by atoms with Gasteiger partial charge in [-0.15, -0.1) is 0 Å². The van der Waals surface area contributed by atoms with Crippen molar-refractivity contribution in [1.82, 2.24) is 10.2 Å².